The van der Waals surface area contributed by atoms with Crippen LogP contribution < -0.4 is 10.6 Å². The van der Waals surface area contributed by atoms with Gasteiger partial charge in [-0.1, -0.05) is 38.1 Å². The third-order valence-corrected chi connectivity index (χ3v) is 6.62. The lowest BCUT2D eigenvalue weighted by molar-refractivity contribution is 0.0605. The highest BCUT2D eigenvalue weighted by Gasteiger charge is 2.27. The molecular formula is C28H38FN3O3. The Labute approximate surface area is 207 Å². The first-order valence-corrected chi connectivity index (χ1v) is 12.5. The summed E-state index contributed by atoms with van der Waals surface area (Å²) >= 11 is 0. The Hall–Kier alpha value is -2.77. The number of benzene rings is 2. The minimum atomic E-state index is -0.694. The molecule has 3 rings (SSSR count). The molecule has 2 atom stereocenters. The molecule has 3 N–H and O–H groups in total. The van der Waals surface area contributed by atoms with E-state index in [9.17, 15) is 19.1 Å². The first kappa shape index (κ1) is 26.8. The van der Waals surface area contributed by atoms with E-state index in [0.717, 1.165) is 37.9 Å². The molecule has 0 aliphatic carbocycles. The van der Waals surface area contributed by atoms with Crippen molar-refractivity contribution in [2.24, 2.45) is 11.8 Å². The number of anilines is 1. The molecule has 1 fully saturated rings. The van der Waals surface area contributed by atoms with E-state index in [1.54, 1.807) is 24.3 Å². The van der Waals surface area contributed by atoms with Gasteiger partial charge in [0.15, 0.2) is 5.78 Å². The molecule has 2 aromatic carbocycles. The minimum absolute atomic E-state index is 0.0661. The Morgan fingerprint density at radius 3 is 2.43 bits per heavy atom. The van der Waals surface area contributed by atoms with Crippen LogP contribution in [-0.2, 0) is 6.42 Å². The topological polar surface area (TPSA) is 81.7 Å². The number of ketones is 1. The third-order valence-electron chi connectivity index (χ3n) is 6.62. The van der Waals surface area contributed by atoms with Gasteiger partial charge >= 0.3 is 6.03 Å². The molecule has 1 saturated heterocycles. The van der Waals surface area contributed by atoms with Gasteiger partial charge in [0.25, 0.3) is 0 Å². The van der Waals surface area contributed by atoms with Crippen molar-refractivity contribution in [3.8, 4) is 0 Å². The van der Waals surface area contributed by atoms with E-state index in [1.807, 2.05) is 12.1 Å². The summed E-state index contributed by atoms with van der Waals surface area (Å²) in [6.45, 7) is 7.90. The third kappa shape index (κ3) is 8.75. The molecule has 190 valence electrons. The van der Waals surface area contributed by atoms with Crippen LogP contribution in [0.15, 0.2) is 48.5 Å². The van der Waals surface area contributed by atoms with Crippen molar-refractivity contribution in [1.82, 2.24) is 10.2 Å². The van der Waals surface area contributed by atoms with Crippen molar-refractivity contribution in [3.63, 3.8) is 0 Å². The number of rotatable bonds is 10. The molecule has 1 aliphatic rings. The molecule has 0 unspecified atom stereocenters. The highest BCUT2D eigenvalue weighted by atomic mass is 19.1. The summed E-state index contributed by atoms with van der Waals surface area (Å²) < 4.78 is 13.1. The summed E-state index contributed by atoms with van der Waals surface area (Å²) in [6.07, 6.45) is 2.96. The van der Waals surface area contributed by atoms with Crippen molar-refractivity contribution >= 4 is 17.5 Å². The average molecular weight is 484 g/mol. The van der Waals surface area contributed by atoms with Gasteiger partial charge in [-0.2, -0.15) is 0 Å². The molecule has 0 aromatic heterocycles. The molecular weight excluding hydrogens is 445 g/mol. The van der Waals surface area contributed by atoms with Crippen LogP contribution in [0.4, 0.5) is 14.9 Å². The van der Waals surface area contributed by atoms with Gasteiger partial charge in [-0.3, -0.25) is 4.79 Å². The predicted molar refractivity (Wildman–Crippen MR) is 137 cm³/mol. The SMILES string of the molecule is CC(=O)c1cccc(NC(=O)N[C@@H](CC(C)C)[C@@H](O)CN2CCC(Cc3ccc(F)cc3)CC2)c1. The summed E-state index contributed by atoms with van der Waals surface area (Å²) in [6, 6.07) is 12.8. The number of nitrogens with zero attached hydrogens (tertiary/aromatic N) is 1. The second-order valence-corrected chi connectivity index (χ2v) is 10.1. The minimum Gasteiger partial charge on any atom is -0.390 e. The second-order valence-electron chi connectivity index (χ2n) is 10.1. The normalized spacial score (nSPS) is 16.6. The molecule has 0 saturated carbocycles. The highest BCUT2D eigenvalue weighted by Crippen LogP contribution is 2.23. The lowest BCUT2D eigenvalue weighted by Crippen LogP contribution is -2.51. The number of piperidine rings is 1. The maximum absolute atomic E-state index is 13.1. The van der Waals surface area contributed by atoms with Crippen LogP contribution in [0.2, 0.25) is 0 Å². The van der Waals surface area contributed by atoms with Gasteiger partial charge in [0.05, 0.1) is 12.1 Å². The Kier molecular flexibility index (Phi) is 9.81. The van der Waals surface area contributed by atoms with Crippen LogP contribution in [0.3, 0.4) is 0 Å². The number of aliphatic hydroxyl groups is 1. The quantitative estimate of drug-likeness (QED) is 0.421. The maximum atomic E-state index is 13.1. The van der Waals surface area contributed by atoms with E-state index < -0.39 is 12.1 Å². The fourth-order valence-electron chi connectivity index (χ4n) is 4.69. The Morgan fingerprint density at radius 1 is 1.11 bits per heavy atom. The first-order chi connectivity index (χ1) is 16.7. The van der Waals surface area contributed by atoms with Gasteiger partial charge in [0.2, 0.25) is 0 Å². The molecule has 6 nitrogen and oxygen atoms in total. The van der Waals surface area contributed by atoms with Crippen LogP contribution in [0, 0.1) is 17.7 Å². The number of Topliss-reactive ketones (excluding diaryl/α,β-unsaturated/α-hetero) is 1. The number of amides is 2. The van der Waals surface area contributed by atoms with Gasteiger partial charge in [-0.25, -0.2) is 9.18 Å². The Morgan fingerprint density at radius 2 is 1.80 bits per heavy atom. The summed E-state index contributed by atoms with van der Waals surface area (Å²) in [5.74, 6) is 0.580. The van der Waals surface area contributed by atoms with E-state index in [-0.39, 0.29) is 17.6 Å². The van der Waals surface area contributed by atoms with Crippen LogP contribution in [0.1, 0.15) is 56.0 Å². The molecule has 0 spiro atoms. The van der Waals surface area contributed by atoms with E-state index >= 15 is 0 Å². The molecule has 0 bridgehead atoms. The number of carbonyl (C=O) groups is 2. The number of β-amino-alcohol motifs (C(OH)–C–C–N with tert-alkyl or cyclic N) is 1. The summed E-state index contributed by atoms with van der Waals surface area (Å²) in [5.41, 5.74) is 2.23. The standard InChI is InChI=1S/C28H38FN3O3/c1-19(2)15-26(31-28(35)30-25-6-4-5-23(17-25)20(3)33)27(34)18-32-13-11-22(12-14-32)16-21-7-9-24(29)10-8-21/h4-10,17,19,22,26-27,34H,11-16,18H2,1-3H3,(H2,30,31,35)/t26-,27-/m0/s1. The fraction of sp³-hybridized carbons (Fsp3) is 0.500. The lowest BCUT2D eigenvalue weighted by atomic mass is 9.89. The highest BCUT2D eigenvalue weighted by molar-refractivity contribution is 5.96. The first-order valence-electron chi connectivity index (χ1n) is 12.5. The molecule has 7 heteroatoms. The molecule has 1 heterocycles. The van der Waals surface area contributed by atoms with Gasteiger partial charge in [0.1, 0.15) is 5.82 Å². The monoisotopic (exact) mass is 483 g/mol. The smallest absolute Gasteiger partial charge is 0.319 e. The van der Waals surface area contributed by atoms with E-state index in [2.05, 4.69) is 29.4 Å². The Bertz CT molecular complexity index is 972. The van der Waals surface area contributed by atoms with Crippen molar-refractivity contribution in [3.05, 3.63) is 65.5 Å². The zero-order valence-corrected chi connectivity index (χ0v) is 21.0. The predicted octanol–water partition coefficient (Wildman–Crippen LogP) is 4.88. The summed E-state index contributed by atoms with van der Waals surface area (Å²) in [4.78, 5) is 26.5. The van der Waals surface area contributed by atoms with Gasteiger partial charge in [0, 0.05) is 17.8 Å². The number of nitrogens with one attached hydrogen (secondary N) is 2. The number of carbonyl (C=O) groups excluding carboxylic acids is 2. The van der Waals surface area contributed by atoms with Gasteiger partial charge in [-0.15, -0.1) is 0 Å². The fourth-order valence-corrected chi connectivity index (χ4v) is 4.69. The zero-order chi connectivity index (χ0) is 25.4. The van der Waals surface area contributed by atoms with Crippen LogP contribution >= 0.6 is 0 Å². The van der Waals surface area contributed by atoms with Gasteiger partial charge < -0.3 is 20.6 Å². The number of aliphatic hydroxyl groups excluding tert-OH is 1. The molecule has 2 aromatic rings. The largest absolute Gasteiger partial charge is 0.390 e. The van der Waals surface area contributed by atoms with E-state index in [0.29, 0.717) is 36.1 Å². The van der Waals surface area contributed by atoms with Crippen LogP contribution in [0.5, 0.6) is 0 Å². The summed E-state index contributed by atoms with van der Waals surface area (Å²) in [7, 11) is 0. The van der Waals surface area contributed by atoms with Crippen LogP contribution in [0.25, 0.3) is 0 Å². The van der Waals surface area contributed by atoms with Crippen molar-refractivity contribution in [2.45, 2.75) is 58.6 Å². The Balaban J connectivity index is 1.50. The van der Waals surface area contributed by atoms with E-state index in [4.69, 9.17) is 0 Å². The number of hydrogen-bond donors (Lipinski definition) is 3. The van der Waals surface area contributed by atoms with Gasteiger partial charge in [-0.05, 0) is 87.4 Å². The lowest BCUT2D eigenvalue weighted by Gasteiger charge is -2.35. The zero-order valence-electron chi connectivity index (χ0n) is 21.0. The van der Waals surface area contributed by atoms with Crippen molar-refractivity contribution in [2.75, 3.05) is 25.0 Å². The second kappa shape index (κ2) is 12.8. The maximum Gasteiger partial charge on any atom is 0.319 e. The molecule has 35 heavy (non-hydrogen) atoms. The molecule has 0 radical (unpaired) electrons. The number of likely N-dealkylation sites (tertiary alicyclic amines) is 1. The number of urea groups is 1. The number of halogens is 1. The van der Waals surface area contributed by atoms with E-state index in [1.165, 1.54) is 19.1 Å². The molecule has 1 aliphatic heterocycles. The summed E-state index contributed by atoms with van der Waals surface area (Å²) in [5, 5.41) is 16.7. The van der Waals surface area contributed by atoms with Crippen molar-refractivity contribution in [1.29, 1.82) is 0 Å². The molecule has 2 amide bonds. The average Bonchev–Trinajstić information content (AvgIpc) is 2.81. The number of hydrogen-bond acceptors (Lipinski definition) is 4. The van der Waals surface area contributed by atoms with Crippen LogP contribution in [-0.4, -0.2) is 53.6 Å². The van der Waals surface area contributed by atoms with Crippen molar-refractivity contribution < 1.29 is 19.1 Å².